The van der Waals surface area contributed by atoms with Gasteiger partial charge in [0.25, 0.3) is 0 Å². The SMILES string of the molecule is CCCCCC(NC1CCN(C)C1=O)c1ccccc1. The molecule has 1 saturated heterocycles. The summed E-state index contributed by atoms with van der Waals surface area (Å²) in [5, 5.41) is 3.58. The van der Waals surface area contributed by atoms with Crippen LogP contribution in [0.2, 0.25) is 0 Å². The van der Waals surface area contributed by atoms with Crippen LogP contribution in [0, 0.1) is 0 Å². The van der Waals surface area contributed by atoms with Gasteiger partial charge in [-0.3, -0.25) is 10.1 Å². The number of carbonyl (C=O) groups excluding carboxylic acids is 1. The average Bonchev–Trinajstić information content (AvgIpc) is 2.79. The van der Waals surface area contributed by atoms with Crippen molar-refractivity contribution in [2.75, 3.05) is 13.6 Å². The second-order valence-corrected chi connectivity index (χ2v) is 5.73. The lowest BCUT2D eigenvalue weighted by Crippen LogP contribution is -2.39. The summed E-state index contributed by atoms with van der Waals surface area (Å²) in [6, 6.07) is 10.8. The Hall–Kier alpha value is -1.35. The van der Waals surface area contributed by atoms with Crippen molar-refractivity contribution in [1.82, 2.24) is 10.2 Å². The summed E-state index contributed by atoms with van der Waals surface area (Å²) < 4.78 is 0. The van der Waals surface area contributed by atoms with E-state index >= 15 is 0 Å². The molecule has 0 aromatic heterocycles. The van der Waals surface area contributed by atoms with Crippen LogP contribution in [0.4, 0.5) is 0 Å². The molecule has 0 aliphatic carbocycles. The van der Waals surface area contributed by atoms with Gasteiger partial charge in [0.15, 0.2) is 0 Å². The van der Waals surface area contributed by atoms with Gasteiger partial charge >= 0.3 is 0 Å². The number of rotatable bonds is 7. The molecule has 1 aromatic carbocycles. The Morgan fingerprint density at radius 2 is 2.05 bits per heavy atom. The van der Waals surface area contributed by atoms with Gasteiger partial charge in [-0.15, -0.1) is 0 Å². The third-order valence-corrected chi connectivity index (χ3v) is 4.13. The van der Waals surface area contributed by atoms with E-state index in [0.717, 1.165) is 19.4 Å². The quantitative estimate of drug-likeness (QED) is 0.775. The number of amides is 1. The second-order valence-electron chi connectivity index (χ2n) is 5.73. The Bertz CT molecular complexity index is 418. The molecule has 1 aliphatic rings. The zero-order valence-corrected chi connectivity index (χ0v) is 12.6. The van der Waals surface area contributed by atoms with E-state index in [-0.39, 0.29) is 11.9 Å². The monoisotopic (exact) mass is 274 g/mol. The molecule has 1 fully saturated rings. The molecule has 3 nitrogen and oxygen atoms in total. The lowest BCUT2D eigenvalue weighted by Gasteiger charge is -2.23. The number of likely N-dealkylation sites (tertiary alicyclic amines) is 1. The Morgan fingerprint density at radius 1 is 1.30 bits per heavy atom. The van der Waals surface area contributed by atoms with Crippen molar-refractivity contribution in [3.8, 4) is 0 Å². The lowest BCUT2D eigenvalue weighted by molar-refractivity contribution is -0.128. The second kappa shape index (κ2) is 7.44. The average molecular weight is 274 g/mol. The van der Waals surface area contributed by atoms with E-state index in [9.17, 15) is 4.79 Å². The van der Waals surface area contributed by atoms with E-state index < -0.39 is 0 Å². The molecule has 0 bridgehead atoms. The molecule has 0 spiro atoms. The summed E-state index contributed by atoms with van der Waals surface area (Å²) >= 11 is 0. The van der Waals surface area contributed by atoms with Crippen LogP contribution >= 0.6 is 0 Å². The molecular weight excluding hydrogens is 248 g/mol. The maximum absolute atomic E-state index is 12.1. The Morgan fingerprint density at radius 3 is 2.65 bits per heavy atom. The smallest absolute Gasteiger partial charge is 0.239 e. The Labute approximate surface area is 122 Å². The topological polar surface area (TPSA) is 32.3 Å². The predicted octanol–water partition coefficient (Wildman–Crippen LogP) is 3.13. The maximum atomic E-state index is 12.1. The normalized spacial score (nSPS) is 20.4. The number of hydrogen-bond acceptors (Lipinski definition) is 2. The maximum Gasteiger partial charge on any atom is 0.239 e. The summed E-state index contributed by atoms with van der Waals surface area (Å²) in [7, 11) is 1.89. The minimum absolute atomic E-state index is 0.00756. The van der Waals surface area contributed by atoms with Crippen molar-refractivity contribution < 1.29 is 4.79 Å². The molecule has 0 radical (unpaired) electrons. The summed E-state index contributed by atoms with van der Waals surface area (Å²) in [5.41, 5.74) is 1.30. The standard InChI is InChI=1S/C17H26N2O/c1-3-4-6-11-15(14-9-7-5-8-10-14)18-16-12-13-19(2)17(16)20/h5,7-10,15-16,18H,3-4,6,11-13H2,1-2H3. The van der Waals surface area contributed by atoms with E-state index in [4.69, 9.17) is 0 Å². The van der Waals surface area contributed by atoms with Crippen LogP contribution in [-0.2, 0) is 4.79 Å². The van der Waals surface area contributed by atoms with Gasteiger partial charge in [-0.05, 0) is 18.4 Å². The van der Waals surface area contributed by atoms with Crippen LogP contribution in [0.25, 0.3) is 0 Å². The first kappa shape index (κ1) is 15.0. The predicted molar refractivity (Wildman–Crippen MR) is 82.5 cm³/mol. The third-order valence-electron chi connectivity index (χ3n) is 4.13. The van der Waals surface area contributed by atoms with Gasteiger partial charge in [-0.1, -0.05) is 56.5 Å². The minimum Gasteiger partial charge on any atom is -0.344 e. The number of hydrogen-bond donors (Lipinski definition) is 1. The number of unbranched alkanes of at least 4 members (excludes halogenated alkanes) is 2. The molecule has 2 unspecified atom stereocenters. The first-order valence-corrected chi connectivity index (χ1v) is 7.78. The highest BCUT2D eigenvalue weighted by Gasteiger charge is 2.30. The van der Waals surface area contributed by atoms with Crippen molar-refractivity contribution >= 4 is 5.91 Å². The summed E-state index contributed by atoms with van der Waals surface area (Å²) in [6.07, 6.45) is 5.72. The number of benzene rings is 1. The number of likely N-dealkylation sites (N-methyl/N-ethyl adjacent to an activating group) is 1. The van der Waals surface area contributed by atoms with Crippen LogP contribution in [0.3, 0.4) is 0 Å². The fourth-order valence-corrected chi connectivity index (χ4v) is 2.85. The van der Waals surface area contributed by atoms with Crippen LogP contribution in [-0.4, -0.2) is 30.4 Å². The van der Waals surface area contributed by atoms with Gasteiger partial charge < -0.3 is 4.90 Å². The van der Waals surface area contributed by atoms with Gasteiger partial charge in [0.05, 0.1) is 6.04 Å². The molecule has 1 heterocycles. The fraction of sp³-hybridized carbons (Fsp3) is 0.588. The zero-order chi connectivity index (χ0) is 14.4. The van der Waals surface area contributed by atoms with Crippen molar-refractivity contribution in [1.29, 1.82) is 0 Å². The Balaban J connectivity index is 2.01. The lowest BCUT2D eigenvalue weighted by atomic mass is 9.99. The molecule has 3 heteroatoms. The van der Waals surface area contributed by atoms with Crippen LogP contribution in [0.1, 0.15) is 50.6 Å². The van der Waals surface area contributed by atoms with Gasteiger partial charge in [-0.25, -0.2) is 0 Å². The van der Waals surface area contributed by atoms with Crippen LogP contribution in [0.5, 0.6) is 0 Å². The number of nitrogens with zero attached hydrogens (tertiary/aromatic N) is 1. The highest BCUT2D eigenvalue weighted by Crippen LogP contribution is 2.22. The van der Waals surface area contributed by atoms with Crippen molar-refractivity contribution in [3.05, 3.63) is 35.9 Å². The fourth-order valence-electron chi connectivity index (χ4n) is 2.85. The molecule has 0 saturated carbocycles. The van der Waals surface area contributed by atoms with E-state index in [1.807, 2.05) is 18.0 Å². The number of carbonyl (C=O) groups is 1. The van der Waals surface area contributed by atoms with Crippen molar-refractivity contribution in [3.63, 3.8) is 0 Å². The van der Waals surface area contributed by atoms with Crippen LogP contribution in [0.15, 0.2) is 30.3 Å². The molecule has 110 valence electrons. The largest absolute Gasteiger partial charge is 0.344 e. The highest BCUT2D eigenvalue weighted by molar-refractivity contribution is 5.83. The van der Waals surface area contributed by atoms with Crippen LogP contribution < -0.4 is 5.32 Å². The molecule has 2 rings (SSSR count). The highest BCUT2D eigenvalue weighted by atomic mass is 16.2. The Kier molecular flexibility index (Phi) is 5.60. The van der Waals surface area contributed by atoms with Gasteiger partial charge in [0, 0.05) is 19.6 Å². The molecular formula is C17H26N2O. The zero-order valence-electron chi connectivity index (χ0n) is 12.6. The molecule has 1 aromatic rings. The summed E-state index contributed by atoms with van der Waals surface area (Å²) in [5.74, 6) is 0.237. The number of nitrogens with one attached hydrogen (secondary N) is 1. The molecule has 20 heavy (non-hydrogen) atoms. The minimum atomic E-state index is -0.00756. The first-order chi connectivity index (χ1) is 9.72. The van der Waals surface area contributed by atoms with Crippen molar-refractivity contribution in [2.24, 2.45) is 0 Å². The van der Waals surface area contributed by atoms with Gasteiger partial charge in [-0.2, -0.15) is 0 Å². The molecule has 1 N–H and O–H groups in total. The summed E-state index contributed by atoms with van der Waals surface area (Å²) in [4.78, 5) is 13.9. The molecule has 2 atom stereocenters. The van der Waals surface area contributed by atoms with E-state index in [2.05, 4.69) is 36.5 Å². The molecule has 1 amide bonds. The van der Waals surface area contributed by atoms with E-state index in [1.165, 1.54) is 24.8 Å². The summed E-state index contributed by atoms with van der Waals surface area (Å²) in [6.45, 7) is 3.09. The van der Waals surface area contributed by atoms with Crippen molar-refractivity contribution in [2.45, 2.75) is 51.1 Å². The first-order valence-electron chi connectivity index (χ1n) is 7.78. The van der Waals surface area contributed by atoms with Gasteiger partial charge in [0.1, 0.15) is 0 Å². The van der Waals surface area contributed by atoms with Gasteiger partial charge in [0.2, 0.25) is 5.91 Å². The third kappa shape index (κ3) is 3.83. The van der Waals surface area contributed by atoms with E-state index in [0.29, 0.717) is 6.04 Å². The van der Waals surface area contributed by atoms with E-state index in [1.54, 1.807) is 0 Å². The molecule has 1 aliphatic heterocycles.